The van der Waals surface area contributed by atoms with Gasteiger partial charge in [0.2, 0.25) is 0 Å². The van der Waals surface area contributed by atoms with Crippen LogP contribution in [0.3, 0.4) is 0 Å². The molecule has 0 aromatic carbocycles. The Hall–Kier alpha value is 0.137. The third-order valence-electron chi connectivity index (χ3n) is 2.33. The molecule has 0 heterocycles. The van der Waals surface area contributed by atoms with Crippen LogP contribution in [0.5, 0.6) is 0 Å². The molecule has 0 saturated heterocycles. The first-order chi connectivity index (χ1) is 6.60. The van der Waals surface area contributed by atoms with Crippen LogP contribution in [0.2, 0.25) is 12.1 Å². The average molecular weight is 218 g/mol. The van der Waals surface area contributed by atoms with E-state index in [2.05, 4.69) is 34.6 Å². The van der Waals surface area contributed by atoms with Crippen LogP contribution in [0.15, 0.2) is 0 Å². The Bertz CT molecular complexity index is 133. The van der Waals surface area contributed by atoms with Crippen LogP contribution < -0.4 is 0 Å². The van der Waals surface area contributed by atoms with Crippen molar-refractivity contribution in [3.05, 3.63) is 0 Å². The first kappa shape index (κ1) is 14.1. The maximum Gasteiger partial charge on any atom is 0.337 e. The van der Waals surface area contributed by atoms with Crippen molar-refractivity contribution in [1.82, 2.24) is 0 Å². The smallest absolute Gasteiger partial charge is 0.337 e. The average Bonchev–Trinajstić information content (AvgIpc) is 2.19. The first-order valence-corrected chi connectivity index (χ1v) is 8.11. The molecular formula is C11H26O2Si. The molecule has 0 fully saturated rings. The largest absolute Gasteiger partial charge is 0.394 e. The highest BCUT2D eigenvalue weighted by Gasteiger charge is 2.33. The Labute approximate surface area is 90.2 Å². The fourth-order valence-electron chi connectivity index (χ4n) is 1.31. The number of hydrogen-bond donors (Lipinski definition) is 0. The molecule has 3 heteroatoms. The molecule has 0 aromatic heterocycles. The van der Waals surface area contributed by atoms with Crippen LogP contribution in [0.25, 0.3) is 0 Å². The molecule has 0 saturated carbocycles. The lowest BCUT2D eigenvalue weighted by molar-refractivity contribution is 0.152. The summed E-state index contributed by atoms with van der Waals surface area (Å²) in [6, 6.07) is 2.13. The van der Waals surface area contributed by atoms with Crippen LogP contribution in [0.4, 0.5) is 0 Å². The molecule has 2 nitrogen and oxygen atoms in total. The van der Waals surface area contributed by atoms with Crippen LogP contribution in [0, 0.1) is 5.92 Å². The van der Waals surface area contributed by atoms with E-state index >= 15 is 0 Å². The zero-order chi connectivity index (χ0) is 11.0. The van der Waals surface area contributed by atoms with Crippen LogP contribution in [-0.4, -0.2) is 21.8 Å². The second-order valence-electron chi connectivity index (χ2n) is 4.17. The van der Waals surface area contributed by atoms with Crippen molar-refractivity contribution >= 4 is 8.56 Å². The van der Waals surface area contributed by atoms with Gasteiger partial charge in [-0.15, -0.1) is 0 Å². The summed E-state index contributed by atoms with van der Waals surface area (Å²) >= 11 is 0. The Morgan fingerprint density at radius 3 is 1.93 bits per heavy atom. The quantitative estimate of drug-likeness (QED) is 0.580. The fraction of sp³-hybridized carbons (Fsp3) is 1.00. The zero-order valence-corrected chi connectivity index (χ0v) is 11.4. The van der Waals surface area contributed by atoms with Gasteiger partial charge in [0.15, 0.2) is 0 Å². The van der Waals surface area contributed by atoms with Gasteiger partial charge in [-0.2, -0.15) is 0 Å². The summed E-state index contributed by atoms with van der Waals surface area (Å²) in [4.78, 5) is 0. The summed E-state index contributed by atoms with van der Waals surface area (Å²) in [7, 11) is -1.83. The van der Waals surface area contributed by atoms with Crippen molar-refractivity contribution in [3.63, 3.8) is 0 Å². The monoisotopic (exact) mass is 218 g/mol. The lowest BCUT2D eigenvalue weighted by atomic mass is 10.2. The molecule has 0 aliphatic carbocycles. The standard InChI is InChI=1S/C11H26O2Si/c1-6-9-12-14(7-2,8-3)13-10-11(4)5/h11H,6-10H2,1-5H3. The minimum absolute atomic E-state index is 0.602. The fourth-order valence-corrected chi connectivity index (χ4v) is 3.92. The summed E-state index contributed by atoms with van der Waals surface area (Å²) in [5, 5.41) is 0. The summed E-state index contributed by atoms with van der Waals surface area (Å²) in [5.41, 5.74) is 0. The van der Waals surface area contributed by atoms with Crippen LogP contribution in [-0.2, 0) is 8.85 Å². The Balaban J connectivity index is 4.07. The maximum atomic E-state index is 6.01. The maximum absolute atomic E-state index is 6.01. The number of hydrogen-bond acceptors (Lipinski definition) is 2. The van der Waals surface area contributed by atoms with Gasteiger partial charge >= 0.3 is 8.56 Å². The van der Waals surface area contributed by atoms with E-state index in [9.17, 15) is 0 Å². The molecule has 0 radical (unpaired) electrons. The van der Waals surface area contributed by atoms with Crippen molar-refractivity contribution < 1.29 is 8.85 Å². The summed E-state index contributed by atoms with van der Waals surface area (Å²) < 4.78 is 12.0. The highest BCUT2D eigenvalue weighted by molar-refractivity contribution is 6.67. The van der Waals surface area contributed by atoms with Gasteiger partial charge in [0.05, 0.1) is 0 Å². The van der Waals surface area contributed by atoms with E-state index in [1.54, 1.807) is 0 Å². The third-order valence-corrected chi connectivity index (χ3v) is 5.90. The molecule has 0 atom stereocenters. The molecule has 0 rings (SSSR count). The van der Waals surface area contributed by atoms with E-state index in [4.69, 9.17) is 8.85 Å². The highest BCUT2D eigenvalue weighted by atomic mass is 28.4. The summed E-state index contributed by atoms with van der Waals surface area (Å²) in [6.45, 7) is 12.6. The molecular weight excluding hydrogens is 192 g/mol. The molecule has 0 N–H and O–H groups in total. The molecule has 86 valence electrons. The molecule has 0 amide bonds. The predicted molar refractivity (Wildman–Crippen MR) is 63.7 cm³/mol. The Kier molecular flexibility index (Phi) is 7.50. The van der Waals surface area contributed by atoms with Crippen LogP contribution in [0.1, 0.15) is 41.0 Å². The molecule has 0 spiro atoms. The summed E-state index contributed by atoms with van der Waals surface area (Å²) in [6.07, 6.45) is 1.08. The van der Waals surface area contributed by atoms with Crippen molar-refractivity contribution in [3.8, 4) is 0 Å². The van der Waals surface area contributed by atoms with E-state index in [-0.39, 0.29) is 0 Å². The molecule has 0 aliphatic heterocycles. The lowest BCUT2D eigenvalue weighted by Crippen LogP contribution is -2.42. The number of rotatable bonds is 8. The van der Waals surface area contributed by atoms with Gasteiger partial charge in [-0.25, -0.2) is 0 Å². The molecule has 0 aromatic rings. The van der Waals surface area contributed by atoms with Crippen molar-refractivity contribution in [1.29, 1.82) is 0 Å². The van der Waals surface area contributed by atoms with Crippen LogP contribution >= 0.6 is 0 Å². The normalized spacial score (nSPS) is 12.4. The minimum atomic E-state index is -1.83. The van der Waals surface area contributed by atoms with E-state index in [0.29, 0.717) is 5.92 Å². The predicted octanol–water partition coefficient (Wildman–Crippen LogP) is 3.57. The first-order valence-electron chi connectivity index (χ1n) is 5.88. The van der Waals surface area contributed by atoms with E-state index in [1.165, 1.54) is 0 Å². The third kappa shape index (κ3) is 5.13. The highest BCUT2D eigenvalue weighted by Crippen LogP contribution is 2.19. The summed E-state index contributed by atoms with van der Waals surface area (Å²) in [5.74, 6) is 0.602. The van der Waals surface area contributed by atoms with Crippen molar-refractivity contribution in [2.45, 2.75) is 53.1 Å². The topological polar surface area (TPSA) is 18.5 Å². The van der Waals surface area contributed by atoms with E-state index in [1.807, 2.05) is 0 Å². The van der Waals surface area contributed by atoms with Crippen molar-refractivity contribution in [2.24, 2.45) is 5.92 Å². The van der Waals surface area contributed by atoms with Gasteiger partial charge in [0, 0.05) is 13.2 Å². The molecule has 0 bridgehead atoms. The molecule has 0 unspecified atom stereocenters. The van der Waals surface area contributed by atoms with Gasteiger partial charge in [0.1, 0.15) is 0 Å². The Morgan fingerprint density at radius 2 is 1.57 bits per heavy atom. The van der Waals surface area contributed by atoms with Gasteiger partial charge in [0.25, 0.3) is 0 Å². The zero-order valence-electron chi connectivity index (χ0n) is 10.4. The van der Waals surface area contributed by atoms with Gasteiger partial charge < -0.3 is 8.85 Å². The van der Waals surface area contributed by atoms with Gasteiger partial charge in [-0.1, -0.05) is 34.6 Å². The molecule has 14 heavy (non-hydrogen) atoms. The van der Waals surface area contributed by atoms with Crippen molar-refractivity contribution in [2.75, 3.05) is 13.2 Å². The van der Waals surface area contributed by atoms with Gasteiger partial charge in [-0.05, 0) is 24.4 Å². The lowest BCUT2D eigenvalue weighted by Gasteiger charge is -2.29. The SMILES string of the molecule is CCCO[Si](CC)(CC)OCC(C)C. The molecule has 0 aliphatic rings. The van der Waals surface area contributed by atoms with E-state index in [0.717, 1.165) is 31.7 Å². The minimum Gasteiger partial charge on any atom is -0.394 e. The second kappa shape index (κ2) is 7.43. The Morgan fingerprint density at radius 1 is 1.00 bits per heavy atom. The van der Waals surface area contributed by atoms with E-state index < -0.39 is 8.56 Å². The van der Waals surface area contributed by atoms with Gasteiger partial charge in [-0.3, -0.25) is 0 Å². The second-order valence-corrected chi connectivity index (χ2v) is 7.98.